The number of ether oxygens (including phenoxy) is 1. The van der Waals surface area contributed by atoms with E-state index in [0.717, 1.165) is 32.1 Å². The number of nitrogens with one attached hydrogen (secondary N) is 1. The third kappa shape index (κ3) is 5.28. The van der Waals surface area contributed by atoms with Gasteiger partial charge in [-0.05, 0) is 11.8 Å². The van der Waals surface area contributed by atoms with Gasteiger partial charge >= 0.3 is 0 Å². The molecule has 5 nitrogen and oxygen atoms in total. The smallest absolute Gasteiger partial charge is 0.140 e. The number of hydrogen-bond donors (Lipinski definition) is 1. The minimum atomic E-state index is 0.515. The second-order valence-corrected chi connectivity index (χ2v) is 4.94. The second kappa shape index (κ2) is 7.40. The van der Waals surface area contributed by atoms with E-state index in [1.54, 1.807) is 13.4 Å². The van der Waals surface area contributed by atoms with Gasteiger partial charge in [0.1, 0.15) is 12.2 Å². The van der Waals surface area contributed by atoms with Gasteiger partial charge in [-0.3, -0.25) is 0 Å². The first-order chi connectivity index (χ1) is 8.13. The van der Waals surface area contributed by atoms with E-state index in [9.17, 15) is 0 Å². The van der Waals surface area contributed by atoms with Crippen LogP contribution in [-0.2, 0) is 17.8 Å². The van der Waals surface area contributed by atoms with Gasteiger partial charge in [-0.1, -0.05) is 20.8 Å². The summed E-state index contributed by atoms with van der Waals surface area (Å²) in [4.78, 5) is 4.27. The predicted molar refractivity (Wildman–Crippen MR) is 67.6 cm³/mol. The lowest BCUT2D eigenvalue weighted by atomic mass is 10.2. The molecular weight excluding hydrogens is 216 g/mol. The molecule has 0 bridgehead atoms. The third-order valence-corrected chi connectivity index (χ3v) is 2.46. The lowest BCUT2D eigenvalue weighted by molar-refractivity contribution is 0.158. The molecule has 0 radical (unpaired) electrons. The molecule has 0 aliphatic heterocycles. The summed E-state index contributed by atoms with van der Waals surface area (Å²) in [6, 6.07) is 0. The summed E-state index contributed by atoms with van der Waals surface area (Å²) < 4.78 is 7.07. The van der Waals surface area contributed by atoms with E-state index in [1.165, 1.54) is 0 Å². The molecular formula is C12H24N4O. The predicted octanol–water partition coefficient (Wildman–Crippen LogP) is 1.31. The molecule has 1 N–H and O–H groups in total. The molecule has 0 aliphatic carbocycles. The monoisotopic (exact) mass is 240 g/mol. The lowest BCUT2D eigenvalue weighted by Gasteiger charge is -2.12. The van der Waals surface area contributed by atoms with Crippen LogP contribution in [0.25, 0.3) is 0 Å². The van der Waals surface area contributed by atoms with Gasteiger partial charge in [0.2, 0.25) is 0 Å². The van der Waals surface area contributed by atoms with Crippen molar-refractivity contribution < 1.29 is 4.74 Å². The fourth-order valence-electron chi connectivity index (χ4n) is 1.70. The molecule has 0 saturated carbocycles. The molecule has 0 amide bonds. The highest BCUT2D eigenvalue weighted by Gasteiger charge is 2.06. The average molecular weight is 240 g/mol. The summed E-state index contributed by atoms with van der Waals surface area (Å²) in [6.45, 7) is 9.92. The van der Waals surface area contributed by atoms with Crippen molar-refractivity contribution in [2.75, 3.05) is 20.3 Å². The molecule has 5 heteroatoms. The van der Waals surface area contributed by atoms with Crippen LogP contribution in [0.5, 0.6) is 0 Å². The van der Waals surface area contributed by atoms with Crippen LogP contribution in [0.1, 0.15) is 26.6 Å². The Labute approximate surface area is 104 Å². The molecule has 1 heterocycles. The van der Waals surface area contributed by atoms with E-state index in [-0.39, 0.29) is 0 Å². The second-order valence-electron chi connectivity index (χ2n) is 4.94. The number of hydrogen-bond acceptors (Lipinski definition) is 4. The van der Waals surface area contributed by atoms with Crippen molar-refractivity contribution in [3.63, 3.8) is 0 Å². The Balaban J connectivity index is 2.33. The fraction of sp³-hybridized carbons (Fsp3) is 0.833. The quantitative estimate of drug-likeness (QED) is 0.744. The molecule has 0 aromatic carbocycles. The maximum atomic E-state index is 5.09. The van der Waals surface area contributed by atoms with Crippen molar-refractivity contribution in [1.82, 2.24) is 20.1 Å². The van der Waals surface area contributed by atoms with E-state index in [0.29, 0.717) is 11.8 Å². The van der Waals surface area contributed by atoms with Crippen LogP contribution in [0, 0.1) is 11.8 Å². The largest absolute Gasteiger partial charge is 0.384 e. The van der Waals surface area contributed by atoms with Crippen LogP contribution in [0.4, 0.5) is 0 Å². The van der Waals surface area contributed by atoms with Gasteiger partial charge in [0, 0.05) is 26.8 Å². The highest BCUT2D eigenvalue weighted by atomic mass is 16.5. The molecule has 17 heavy (non-hydrogen) atoms. The van der Waals surface area contributed by atoms with Crippen LogP contribution < -0.4 is 5.32 Å². The van der Waals surface area contributed by atoms with Crippen LogP contribution in [0.15, 0.2) is 6.33 Å². The summed E-state index contributed by atoms with van der Waals surface area (Å²) >= 11 is 0. The SMILES string of the molecule is COCC(C)CNCc1ncnn1CC(C)C. The molecule has 1 atom stereocenters. The minimum absolute atomic E-state index is 0.515. The summed E-state index contributed by atoms with van der Waals surface area (Å²) in [7, 11) is 1.73. The molecule has 1 rings (SSSR count). The molecule has 98 valence electrons. The maximum absolute atomic E-state index is 5.09. The Morgan fingerprint density at radius 2 is 2.18 bits per heavy atom. The third-order valence-electron chi connectivity index (χ3n) is 2.46. The fourth-order valence-corrected chi connectivity index (χ4v) is 1.70. The van der Waals surface area contributed by atoms with Crippen molar-refractivity contribution in [3.8, 4) is 0 Å². The normalized spacial score (nSPS) is 13.2. The Morgan fingerprint density at radius 1 is 1.41 bits per heavy atom. The van der Waals surface area contributed by atoms with Gasteiger partial charge < -0.3 is 10.1 Å². The Hall–Kier alpha value is -0.940. The minimum Gasteiger partial charge on any atom is -0.384 e. The Morgan fingerprint density at radius 3 is 2.82 bits per heavy atom. The highest BCUT2D eigenvalue weighted by molar-refractivity contribution is 4.84. The van der Waals surface area contributed by atoms with Crippen molar-refractivity contribution in [3.05, 3.63) is 12.2 Å². The van der Waals surface area contributed by atoms with Crippen LogP contribution in [-0.4, -0.2) is 35.0 Å². The molecule has 1 aromatic rings. The summed E-state index contributed by atoms with van der Waals surface area (Å²) in [5, 5.41) is 7.61. The van der Waals surface area contributed by atoms with Crippen LogP contribution >= 0.6 is 0 Å². The van der Waals surface area contributed by atoms with E-state index in [1.807, 2.05) is 4.68 Å². The summed E-state index contributed by atoms with van der Waals surface area (Å²) in [5.74, 6) is 2.10. The standard InChI is InChI=1S/C12H24N4O/c1-10(2)7-16-12(14-9-15-16)6-13-5-11(3)8-17-4/h9-11,13H,5-8H2,1-4H3. The van der Waals surface area contributed by atoms with Crippen LogP contribution in [0.3, 0.4) is 0 Å². The zero-order valence-corrected chi connectivity index (χ0v) is 11.3. The molecule has 0 spiro atoms. The topological polar surface area (TPSA) is 52.0 Å². The molecule has 0 aliphatic rings. The zero-order chi connectivity index (χ0) is 12.7. The van der Waals surface area contributed by atoms with Crippen molar-refractivity contribution in [1.29, 1.82) is 0 Å². The molecule has 0 saturated heterocycles. The van der Waals surface area contributed by atoms with E-state index < -0.39 is 0 Å². The first kappa shape index (κ1) is 14.1. The molecule has 1 aromatic heterocycles. The number of methoxy groups -OCH3 is 1. The molecule has 0 fully saturated rings. The van der Waals surface area contributed by atoms with E-state index in [4.69, 9.17) is 4.74 Å². The molecule has 1 unspecified atom stereocenters. The lowest BCUT2D eigenvalue weighted by Crippen LogP contribution is -2.25. The summed E-state index contributed by atoms with van der Waals surface area (Å²) in [5.41, 5.74) is 0. The zero-order valence-electron chi connectivity index (χ0n) is 11.3. The van der Waals surface area contributed by atoms with Gasteiger partial charge in [-0.15, -0.1) is 0 Å². The van der Waals surface area contributed by atoms with Crippen molar-refractivity contribution in [2.24, 2.45) is 11.8 Å². The van der Waals surface area contributed by atoms with Gasteiger partial charge in [-0.2, -0.15) is 5.10 Å². The van der Waals surface area contributed by atoms with Crippen molar-refractivity contribution in [2.45, 2.75) is 33.9 Å². The van der Waals surface area contributed by atoms with Gasteiger partial charge in [0.25, 0.3) is 0 Å². The average Bonchev–Trinajstić information content (AvgIpc) is 2.65. The van der Waals surface area contributed by atoms with Crippen molar-refractivity contribution >= 4 is 0 Å². The van der Waals surface area contributed by atoms with E-state index in [2.05, 4.69) is 36.2 Å². The van der Waals surface area contributed by atoms with E-state index >= 15 is 0 Å². The number of nitrogens with zero attached hydrogens (tertiary/aromatic N) is 3. The first-order valence-electron chi connectivity index (χ1n) is 6.19. The Kier molecular flexibility index (Phi) is 6.15. The maximum Gasteiger partial charge on any atom is 0.140 e. The van der Waals surface area contributed by atoms with Gasteiger partial charge in [0.05, 0.1) is 6.54 Å². The van der Waals surface area contributed by atoms with Gasteiger partial charge in [-0.25, -0.2) is 9.67 Å². The number of rotatable bonds is 8. The highest BCUT2D eigenvalue weighted by Crippen LogP contribution is 2.01. The van der Waals surface area contributed by atoms with Gasteiger partial charge in [0.15, 0.2) is 0 Å². The van der Waals surface area contributed by atoms with Crippen LogP contribution in [0.2, 0.25) is 0 Å². The summed E-state index contributed by atoms with van der Waals surface area (Å²) in [6.07, 6.45) is 1.62. The first-order valence-corrected chi connectivity index (χ1v) is 6.19. The Bertz CT molecular complexity index is 311. The number of aromatic nitrogens is 3.